The zero-order valence-corrected chi connectivity index (χ0v) is 17.6. The summed E-state index contributed by atoms with van der Waals surface area (Å²) >= 11 is 0. The molecule has 6 nitrogen and oxygen atoms in total. The third-order valence-electron chi connectivity index (χ3n) is 4.15. The van der Waals surface area contributed by atoms with E-state index >= 15 is 0 Å². The molecule has 0 radical (unpaired) electrons. The highest BCUT2D eigenvalue weighted by molar-refractivity contribution is 6.04. The lowest BCUT2D eigenvalue weighted by atomic mass is 10.1. The summed E-state index contributed by atoms with van der Waals surface area (Å²) in [5, 5.41) is 0. The Morgan fingerprint density at radius 3 is 2.07 bits per heavy atom. The van der Waals surface area contributed by atoms with Crippen molar-refractivity contribution >= 4 is 17.9 Å². The molecule has 30 heavy (non-hydrogen) atoms. The molecule has 2 aromatic rings. The van der Waals surface area contributed by atoms with Crippen LogP contribution < -0.4 is 23.7 Å². The molecule has 0 aliphatic heterocycles. The molecule has 0 amide bonds. The van der Waals surface area contributed by atoms with Gasteiger partial charge in [0.05, 0.1) is 28.4 Å². The van der Waals surface area contributed by atoms with Crippen molar-refractivity contribution in [3.63, 3.8) is 0 Å². The Bertz CT molecular complexity index is 943. The van der Waals surface area contributed by atoms with Crippen molar-refractivity contribution in [1.29, 1.82) is 0 Å². The van der Waals surface area contributed by atoms with E-state index in [2.05, 4.69) is 6.58 Å². The smallest absolute Gasteiger partial charge is 0.178 e. The van der Waals surface area contributed by atoms with Crippen LogP contribution >= 0.6 is 0 Å². The molecule has 0 spiro atoms. The van der Waals surface area contributed by atoms with Gasteiger partial charge in [-0.15, -0.1) is 0 Å². The summed E-state index contributed by atoms with van der Waals surface area (Å²) < 4.78 is 26.8. The number of hydrogen-bond acceptors (Lipinski definition) is 6. The minimum absolute atomic E-state index is 0.184. The molecular formula is C24H26O6. The van der Waals surface area contributed by atoms with Gasteiger partial charge in [-0.25, -0.2) is 0 Å². The van der Waals surface area contributed by atoms with Crippen molar-refractivity contribution < 1.29 is 28.5 Å². The Morgan fingerprint density at radius 1 is 0.800 bits per heavy atom. The predicted octanol–water partition coefficient (Wildman–Crippen LogP) is 4.58. The highest BCUT2D eigenvalue weighted by Crippen LogP contribution is 2.35. The number of hydrogen-bond donors (Lipinski definition) is 0. The summed E-state index contributed by atoms with van der Waals surface area (Å²) in [5.74, 6) is 2.67. The molecule has 0 heterocycles. The van der Waals surface area contributed by atoms with E-state index in [1.165, 1.54) is 12.2 Å². The summed E-state index contributed by atoms with van der Waals surface area (Å²) in [6.45, 7) is 4.00. The monoisotopic (exact) mass is 410 g/mol. The molecule has 0 fully saturated rings. The summed E-state index contributed by atoms with van der Waals surface area (Å²) in [6, 6.07) is 8.88. The highest BCUT2D eigenvalue weighted by Gasteiger charge is 2.10. The van der Waals surface area contributed by atoms with Crippen molar-refractivity contribution in [2.45, 2.75) is 0 Å². The fraction of sp³-hybridized carbons (Fsp3) is 0.208. The number of benzene rings is 2. The van der Waals surface area contributed by atoms with Crippen molar-refractivity contribution in [1.82, 2.24) is 0 Å². The van der Waals surface area contributed by atoms with Crippen LogP contribution in [-0.2, 0) is 4.79 Å². The average molecular weight is 410 g/mol. The van der Waals surface area contributed by atoms with E-state index in [0.29, 0.717) is 40.9 Å². The van der Waals surface area contributed by atoms with E-state index in [1.54, 1.807) is 70.9 Å². The summed E-state index contributed by atoms with van der Waals surface area (Å²) in [6.07, 6.45) is 7.96. The lowest BCUT2D eigenvalue weighted by molar-refractivity contribution is -0.110. The fourth-order valence-corrected chi connectivity index (χ4v) is 2.65. The first kappa shape index (κ1) is 22.6. The van der Waals surface area contributed by atoms with Crippen LogP contribution in [0.1, 0.15) is 11.1 Å². The minimum Gasteiger partial charge on any atom is -0.496 e. The van der Waals surface area contributed by atoms with Gasteiger partial charge in [-0.05, 0) is 42.0 Å². The second-order valence-electron chi connectivity index (χ2n) is 6.03. The number of carbonyl (C=O) groups excluding carboxylic acids is 1. The third-order valence-corrected chi connectivity index (χ3v) is 4.15. The van der Waals surface area contributed by atoms with Gasteiger partial charge in [0, 0.05) is 11.6 Å². The van der Waals surface area contributed by atoms with Gasteiger partial charge < -0.3 is 23.7 Å². The fourth-order valence-electron chi connectivity index (χ4n) is 2.65. The van der Waals surface area contributed by atoms with Crippen LogP contribution in [0, 0.1) is 0 Å². The lowest BCUT2D eigenvalue weighted by Gasteiger charge is -2.12. The summed E-state index contributed by atoms with van der Waals surface area (Å²) in [5.41, 5.74) is 1.50. The minimum atomic E-state index is -0.184. The first-order valence-electron chi connectivity index (χ1n) is 9.18. The highest BCUT2D eigenvalue weighted by atomic mass is 16.5. The second kappa shape index (κ2) is 11.4. The number of ketones is 1. The maximum absolute atomic E-state index is 12.3. The molecule has 2 aromatic carbocycles. The van der Waals surface area contributed by atoms with Crippen LogP contribution in [0.3, 0.4) is 0 Å². The van der Waals surface area contributed by atoms with Crippen LogP contribution in [-0.4, -0.2) is 40.8 Å². The molecule has 0 atom stereocenters. The lowest BCUT2D eigenvalue weighted by Crippen LogP contribution is -1.96. The molecule has 0 bridgehead atoms. The van der Waals surface area contributed by atoms with E-state index < -0.39 is 0 Å². The zero-order valence-electron chi connectivity index (χ0n) is 17.6. The first-order chi connectivity index (χ1) is 14.6. The molecule has 0 N–H and O–H groups in total. The molecule has 158 valence electrons. The summed E-state index contributed by atoms with van der Waals surface area (Å²) in [4.78, 5) is 12.3. The van der Waals surface area contributed by atoms with Crippen molar-refractivity contribution in [2.24, 2.45) is 0 Å². The molecule has 2 rings (SSSR count). The van der Waals surface area contributed by atoms with Gasteiger partial charge in [-0.2, -0.15) is 0 Å². The number of rotatable bonds is 11. The van der Waals surface area contributed by atoms with Crippen LogP contribution in [0.2, 0.25) is 0 Å². The van der Waals surface area contributed by atoms with Gasteiger partial charge in [0.15, 0.2) is 28.8 Å². The predicted molar refractivity (Wildman–Crippen MR) is 118 cm³/mol. The Balaban J connectivity index is 2.18. The number of methoxy groups -OCH3 is 4. The molecule has 0 saturated carbocycles. The number of carbonyl (C=O) groups is 1. The largest absolute Gasteiger partial charge is 0.496 e. The van der Waals surface area contributed by atoms with E-state index in [-0.39, 0.29) is 5.78 Å². The van der Waals surface area contributed by atoms with Crippen LogP contribution in [0.4, 0.5) is 0 Å². The standard InChI is InChI=1S/C24H26O6/c1-6-13-30-24-14-17(8-12-20(24)26-2)7-10-19(25)11-9-18-15-22(28-4)23(29-5)16-21(18)27-3/h6-12,14-16H,1,13H2,2-5H3/b10-7+,11-9+. The van der Waals surface area contributed by atoms with Gasteiger partial charge in [0.1, 0.15) is 12.4 Å². The van der Waals surface area contributed by atoms with E-state index in [0.717, 1.165) is 5.56 Å². The average Bonchev–Trinajstić information content (AvgIpc) is 2.79. The van der Waals surface area contributed by atoms with Gasteiger partial charge >= 0.3 is 0 Å². The molecule has 0 aliphatic rings. The van der Waals surface area contributed by atoms with E-state index in [1.807, 2.05) is 6.07 Å². The van der Waals surface area contributed by atoms with Crippen molar-refractivity contribution in [3.05, 3.63) is 66.3 Å². The Kier molecular flexibility index (Phi) is 8.56. The SMILES string of the molecule is C=CCOc1cc(/C=C/C(=O)/C=C/c2cc(OC)c(OC)cc2OC)ccc1OC. The Hall–Kier alpha value is -3.67. The van der Waals surface area contributed by atoms with Gasteiger partial charge in [0.2, 0.25) is 0 Å². The van der Waals surface area contributed by atoms with Crippen LogP contribution in [0.25, 0.3) is 12.2 Å². The molecule has 6 heteroatoms. The molecule has 0 aromatic heterocycles. The number of allylic oxidation sites excluding steroid dienone is 2. The maximum Gasteiger partial charge on any atom is 0.178 e. The van der Waals surface area contributed by atoms with Crippen molar-refractivity contribution in [3.8, 4) is 28.7 Å². The third kappa shape index (κ3) is 5.91. The van der Waals surface area contributed by atoms with Crippen LogP contribution in [0.5, 0.6) is 28.7 Å². The van der Waals surface area contributed by atoms with Crippen LogP contribution in [0.15, 0.2) is 55.1 Å². The first-order valence-corrected chi connectivity index (χ1v) is 9.18. The Morgan fingerprint density at radius 2 is 1.43 bits per heavy atom. The zero-order chi connectivity index (χ0) is 21.9. The van der Waals surface area contributed by atoms with Gasteiger partial charge in [-0.1, -0.05) is 24.8 Å². The maximum atomic E-state index is 12.3. The van der Waals surface area contributed by atoms with Gasteiger partial charge in [-0.3, -0.25) is 4.79 Å². The topological polar surface area (TPSA) is 63.2 Å². The number of ether oxygens (including phenoxy) is 5. The molecule has 0 aliphatic carbocycles. The Labute approximate surface area is 177 Å². The summed E-state index contributed by atoms with van der Waals surface area (Å²) in [7, 11) is 6.22. The van der Waals surface area contributed by atoms with Crippen molar-refractivity contribution in [2.75, 3.05) is 35.0 Å². The van der Waals surface area contributed by atoms with E-state index in [4.69, 9.17) is 23.7 Å². The molecule has 0 unspecified atom stereocenters. The van der Waals surface area contributed by atoms with Gasteiger partial charge in [0.25, 0.3) is 0 Å². The molecule has 0 saturated heterocycles. The van der Waals surface area contributed by atoms with E-state index in [9.17, 15) is 4.79 Å². The normalized spacial score (nSPS) is 10.8. The second-order valence-corrected chi connectivity index (χ2v) is 6.03. The quantitative estimate of drug-likeness (QED) is 0.399. The molecular weight excluding hydrogens is 384 g/mol.